The highest BCUT2D eigenvalue weighted by atomic mass is 32.2. The number of aromatic hydroxyl groups is 2. The Bertz CT molecular complexity index is 681. The van der Waals surface area contributed by atoms with Crippen LogP contribution in [0.3, 0.4) is 0 Å². The minimum absolute atomic E-state index is 0.00808. The predicted molar refractivity (Wildman–Crippen MR) is 76.2 cm³/mol. The molecule has 2 aromatic rings. The van der Waals surface area contributed by atoms with Crippen LogP contribution in [0.1, 0.15) is 0 Å². The van der Waals surface area contributed by atoms with Gasteiger partial charge in [-0.15, -0.1) is 25.3 Å². The van der Waals surface area contributed by atoms with Crippen LogP contribution in [-0.4, -0.2) is 18.6 Å². The lowest BCUT2D eigenvalue weighted by Crippen LogP contribution is -2.02. The van der Waals surface area contributed by atoms with Gasteiger partial charge in [0, 0.05) is 9.79 Å². The van der Waals surface area contributed by atoms with Crippen molar-refractivity contribution in [2.45, 2.75) is 19.6 Å². The molecule has 0 heterocycles. The van der Waals surface area contributed by atoms with E-state index in [2.05, 4.69) is 25.3 Å². The van der Waals surface area contributed by atoms with Gasteiger partial charge in [-0.2, -0.15) is 0 Å². The molecule has 100 valence electrons. The fraction of sp³-hybridized carbons (Fsp3) is 0. The molecule has 19 heavy (non-hydrogen) atoms. The number of phenolic OH excluding ortho intramolecular Hbond substituents is 2. The van der Waals surface area contributed by atoms with Gasteiger partial charge >= 0.3 is 0 Å². The molecule has 0 unspecified atom stereocenters. The first-order valence-electron chi connectivity index (χ1n) is 5.11. The summed E-state index contributed by atoms with van der Waals surface area (Å²) in [5, 5.41) is 18.7. The van der Waals surface area contributed by atoms with E-state index in [1.54, 1.807) is 0 Å². The Hall–Kier alpha value is -1.31. The maximum atomic E-state index is 12.3. The first kappa shape index (κ1) is 14.1. The van der Waals surface area contributed by atoms with Gasteiger partial charge in [-0.1, -0.05) is 0 Å². The van der Waals surface area contributed by atoms with E-state index in [1.165, 1.54) is 36.4 Å². The van der Waals surface area contributed by atoms with Crippen LogP contribution < -0.4 is 0 Å². The lowest BCUT2D eigenvalue weighted by molar-refractivity contribution is 0.461. The van der Waals surface area contributed by atoms with Crippen LogP contribution in [0.5, 0.6) is 11.5 Å². The Morgan fingerprint density at radius 1 is 0.789 bits per heavy atom. The smallest absolute Gasteiger partial charge is 0.206 e. The van der Waals surface area contributed by atoms with Crippen LogP contribution >= 0.6 is 25.3 Å². The molecule has 7 heteroatoms. The molecule has 0 aliphatic heterocycles. The number of sulfone groups is 1. The van der Waals surface area contributed by atoms with E-state index < -0.39 is 9.84 Å². The molecule has 2 N–H and O–H groups in total. The van der Waals surface area contributed by atoms with Crippen molar-refractivity contribution in [2.24, 2.45) is 0 Å². The van der Waals surface area contributed by atoms with Crippen LogP contribution in [0.2, 0.25) is 0 Å². The lowest BCUT2D eigenvalue weighted by Gasteiger charge is -2.07. The Labute approximate surface area is 121 Å². The lowest BCUT2D eigenvalue weighted by atomic mass is 10.3. The van der Waals surface area contributed by atoms with Gasteiger partial charge in [0.1, 0.15) is 11.5 Å². The quantitative estimate of drug-likeness (QED) is 0.643. The number of hydrogen-bond donors (Lipinski definition) is 4. The van der Waals surface area contributed by atoms with Crippen LogP contribution in [0.15, 0.2) is 56.0 Å². The molecule has 0 fully saturated rings. The SMILES string of the molecule is O=S(=O)(c1ccc(O)c(S)c1)c1ccc(O)c(S)c1. The number of hydrogen-bond acceptors (Lipinski definition) is 6. The third-order valence-electron chi connectivity index (χ3n) is 2.51. The molecule has 0 saturated carbocycles. The van der Waals surface area contributed by atoms with Crippen molar-refractivity contribution in [1.29, 1.82) is 0 Å². The molecule has 0 saturated heterocycles. The first-order valence-corrected chi connectivity index (χ1v) is 7.49. The Morgan fingerprint density at radius 2 is 1.16 bits per heavy atom. The average molecular weight is 314 g/mol. The average Bonchev–Trinajstić information content (AvgIpc) is 2.35. The molecule has 0 aliphatic carbocycles. The minimum atomic E-state index is -3.74. The molecule has 0 bridgehead atoms. The van der Waals surface area contributed by atoms with Gasteiger partial charge < -0.3 is 10.2 Å². The highest BCUT2D eigenvalue weighted by Gasteiger charge is 2.19. The van der Waals surface area contributed by atoms with Gasteiger partial charge in [0.2, 0.25) is 9.84 Å². The monoisotopic (exact) mass is 314 g/mol. The molecule has 4 nitrogen and oxygen atoms in total. The summed E-state index contributed by atoms with van der Waals surface area (Å²) in [6, 6.07) is 7.62. The van der Waals surface area contributed by atoms with Gasteiger partial charge in [0.05, 0.1) is 9.79 Å². The van der Waals surface area contributed by atoms with E-state index in [1.807, 2.05) is 0 Å². The van der Waals surface area contributed by atoms with E-state index >= 15 is 0 Å². The zero-order valence-corrected chi connectivity index (χ0v) is 12.1. The van der Waals surface area contributed by atoms with Crippen molar-refractivity contribution in [1.82, 2.24) is 0 Å². The standard InChI is InChI=1S/C12H10O4S3/c13-9-3-1-7(5-11(9)17)19(15,16)8-2-4-10(14)12(18)6-8/h1-6,13-14,17-18H. The summed E-state index contributed by atoms with van der Waals surface area (Å²) < 4.78 is 24.7. The van der Waals surface area contributed by atoms with Crippen LogP contribution in [0, 0.1) is 0 Å². The maximum Gasteiger partial charge on any atom is 0.206 e. The van der Waals surface area contributed by atoms with E-state index in [0.717, 1.165) is 0 Å². The zero-order chi connectivity index (χ0) is 14.2. The van der Waals surface area contributed by atoms with Crippen molar-refractivity contribution < 1.29 is 18.6 Å². The second kappa shape index (κ2) is 4.99. The van der Waals surface area contributed by atoms with Crippen molar-refractivity contribution in [3.8, 4) is 11.5 Å². The third-order valence-corrected chi connectivity index (χ3v) is 4.98. The Morgan fingerprint density at radius 3 is 1.47 bits per heavy atom. The minimum Gasteiger partial charge on any atom is -0.507 e. The number of phenols is 2. The van der Waals surface area contributed by atoms with Crippen molar-refractivity contribution in [3.05, 3.63) is 36.4 Å². The van der Waals surface area contributed by atoms with E-state index in [9.17, 15) is 18.6 Å². The second-order valence-corrected chi connectivity index (χ2v) is 6.72. The largest absolute Gasteiger partial charge is 0.507 e. The van der Waals surface area contributed by atoms with Gasteiger partial charge in [-0.25, -0.2) is 8.42 Å². The molecule has 0 spiro atoms. The van der Waals surface area contributed by atoms with Crippen LogP contribution in [0.25, 0.3) is 0 Å². The summed E-state index contributed by atoms with van der Waals surface area (Å²) in [5.74, 6) is -0.189. The van der Waals surface area contributed by atoms with Crippen molar-refractivity contribution in [3.63, 3.8) is 0 Å². The summed E-state index contributed by atoms with van der Waals surface area (Å²) in [7, 11) is -3.74. The third kappa shape index (κ3) is 2.68. The Balaban J connectivity index is 2.58. The first-order chi connectivity index (χ1) is 8.82. The molecular weight excluding hydrogens is 304 g/mol. The summed E-state index contributed by atoms with van der Waals surface area (Å²) in [5.41, 5.74) is 0. The highest BCUT2D eigenvalue weighted by Crippen LogP contribution is 2.30. The Kier molecular flexibility index (Phi) is 3.71. The summed E-state index contributed by atoms with van der Waals surface area (Å²) >= 11 is 7.96. The fourth-order valence-corrected chi connectivity index (χ4v) is 3.39. The van der Waals surface area contributed by atoms with Gasteiger partial charge in [0.15, 0.2) is 0 Å². The van der Waals surface area contributed by atoms with E-state index in [4.69, 9.17) is 0 Å². The van der Waals surface area contributed by atoms with Crippen molar-refractivity contribution >= 4 is 35.1 Å². The summed E-state index contributed by atoms with van der Waals surface area (Å²) in [4.78, 5) is 0.361. The predicted octanol–water partition coefficient (Wildman–Crippen LogP) is 2.51. The van der Waals surface area contributed by atoms with Gasteiger partial charge in [-0.05, 0) is 36.4 Å². The molecule has 2 aromatic carbocycles. The fourth-order valence-electron chi connectivity index (χ4n) is 1.48. The number of thiol groups is 2. The molecule has 0 atom stereocenters. The molecular formula is C12H10O4S3. The van der Waals surface area contributed by atoms with Gasteiger partial charge in [-0.3, -0.25) is 0 Å². The molecule has 2 rings (SSSR count). The second-order valence-electron chi connectivity index (χ2n) is 3.80. The molecule has 0 aromatic heterocycles. The number of benzene rings is 2. The molecule has 0 radical (unpaired) electrons. The topological polar surface area (TPSA) is 74.6 Å². The zero-order valence-electron chi connectivity index (χ0n) is 9.48. The number of rotatable bonds is 2. The van der Waals surface area contributed by atoms with Gasteiger partial charge in [0.25, 0.3) is 0 Å². The van der Waals surface area contributed by atoms with Crippen LogP contribution in [-0.2, 0) is 9.84 Å². The highest BCUT2D eigenvalue weighted by molar-refractivity contribution is 7.91. The summed E-state index contributed by atoms with van der Waals surface area (Å²) in [6.45, 7) is 0. The molecule has 0 amide bonds. The van der Waals surface area contributed by atoms with E-state index in [-0.39, 0.29) is 31.1 Å². The van der Waals surface area contributed by atoms with Crippen LogP contribution in [0.4, 0.5) is 0 Å². The molecule has 0 aliphatic rings. The maximum absolute atomic E-state index is 12.3. The summed E-state index contributed by atoms with van der Waals surface area (Å²) in [6.07, 6.45) is 0. The van der Waals surface area contributed by atoms with Crippen molar-refractivity contribution in [2.75, 3.05) is 0 Å². The van der Waals surface area contributed by atoms with E-state index in [0.29, 0.717) is 0 Å². The normalized spacial score (nSPS) is 11.5.